The van der Waals surface area contributed by atoms with Crippen LogP contribution < -0.4 is 5.32 Å². The van der Waals surface area contributed by atoms with Crippen LogP contribution in [0.25, 0.3) is 11.4 Å². The standard InChI is InChI=1S/C14H17N5O4S/c1-19(14(20)16-11-4-7-24(21,22)9-11)8-12-17-13(18-23-12)10-2-5-15-6-3-10/h2-3,5-6,11H,4,7-9H2,1H3,(H,16,20). The van der Waals surface area contributed by atoms with Crippen LogP contribution in [0.15, 0.2) is 29.0 Å². The van der Waals surface area contributed by atoms with Gasteiger partial charge in [-0.2, -0.15) is 4.98 Å². The second-order valence-corrected chi connectivity index (χ2v) is 7.88. The van der Waals surface area contributed by atoms with Crippen LogP contribution >= 0.6 is 0 Å². The lowest BCUT2D eigenvalue weighted by Gasteiger charge is -2.18. The zero-order valence-electron chi connectivity index (χ0n) is 13.0. The Morgan fingerprint density at radius 2 is 2.17 bits per heavy atom. The third-order valence-corrected chi connectivity index (χ3v) is 5.45. The second kappa shape index (κ2) is 6.56. The molecule has 1 atom stereocenters. The van der Waals surface area contributed by atoms with Crippen LogP contribution in [0.1, 0.15) is 12.3 Å². The summed E-state index contributed by atoms with van der Waals surface area (Å²) in [6, 6.07) is 2.79. The fourth-order valence-corrected chi connectivity index (χ4v) is 4.08. The fraction of sp³-hybridized carbons (Fsp3) is 0.429. The van der Waals surface area contributed by atoms with Gasteiger partial charge in [-0.1, -0.05) is 5.16 Å². The van der Waals surface area contributed by atoms with E-state index in [1.165, 1.54) is 4.90 Å². The molecule has 128 valence electrons. The Bertz CT molecular complexity index is 821. The topological polar surface area (TPSA) is 118 Å². The van der Waals surface area contributed by atoms with Gasteiger partial charge in [0, 0.05) is 31.0 Å². The average molecular weight is 351 g/mol. The molecule has 1 fully saturated rings. The third kappa shape index (κ3) is 3.88. The molecule has 10 heteroatoms. The van der Waals surface area contributed by atoms with Gasteiger partial charge in [0.15, 0.2) is 9.84 Å². The van der Waals surface area contributed by atoms with Crippen LogP contribution in [0.4, 0.5) is 4.79 Å². The van der Waals surface area contributed by atoms with Crippen molar-refractivity contribution in [3.8, 4) is 11.4 Å². The number of sulfone groups is 1. The minimum atomic E-state index is -3.03. The molecule has 1 saturated heterocycles. The highest BCUT2D eigenvalue weighted by molar-refractivity contribution is 7.91. The van der Waals surface area contributed by atoms with E-state index in [-0.39, 0.29) is 30.1 Å². The largest absolute Gasteiger partial charge is 0.337 e. The van der Waals surface area contributed by atoms with Crippen molar-refractivity contribution in [2.45, 2.75) is 19.0 Å². The fourth-order valence-electron chi connectivity index (χ4n) is 2.41. The summed E-state index contributed by atoms with van der Waals surface area (Å²) in [4.78, 5) is 21.6. The van der Waals surface area contributed by atoms with E-state index in [2.05, 4.69) is 20.4 Å². The van der Waals surface area contributed by atoms with Crippen molar-refractivity contribution < 1.29 is 17.7 Å². The average Bonchev–Trinajstić information content (AvgIpc) is 3.14. The third-order valence-electron chi connectivity index (χ3n) is 3.69. The van der Waals surface area contributed by atoms with Gasteiger partial charge in [-0.05, 0) is 18.6 Å². The molecule has 9 nitrogen and oxygen atoms in total. The lowest BCUT2D eigenvalue weighted by molar-refractivity contribution is 0.196. The summed E-state index contributed by atoms with van der Waals surface area (Å²) >= 11 is 0. The van der Waals surface area contributed by atoms with E-state index in [1.807, 2.05) is 0 Å². The molecule has 2 aromatic heterocycles. The van der Waals surface area contributed by atoms with Crippen molar-refractivity contribution in [1.29, 1.82) is 0 Å². The minimum Gasteiger partial charge on any atom is -0.337 e. The van der Waals surface area contributed by atoms with Gasteiger partial charge in [0.05, 0.1) is 11.5 Å². The highest BCUT2D eigenvalue weighted by Gasteiger charge is 2.29. The van der Waals surface area contributed by atoms with E-state index in [0.29, 0.717) is 18.1 Å². The Hall–Kier alpha value is -2.49. The lowest BCUT2D eigenvalue weighted by atomic mass is 10.2. The lowest BCUT2D eigenvalue weighted by Crippen LogP contribution is -2.43. The first-order chi connectivity index (χ1) is 11.4. The summed E-state index contributed by atoms with van der Waals surface area (Å²) in [5, 5.41) is 6.57. The molecule has 2 aromatic rings. The normalized spacial score (nSPS) is 19.1. The second-order valence-electron chi connectivity index (χ2n) is 5.65. The molecule has 1 aliphatic heterocycles. The van der Waals surface area contributed by atoms with Crippen LogP contribution in [-0.4, -0.2) is 59.1 Å². The molecule has 3 heterocycles. The molecule has 1 aliphatic rings. The summed E-state index contributed by atoms with van der Waals surface area (Å²) in [6.45, 7) is 0.128. The maximum absolute atomic E-state index is 12.1. The van der Waals surface area contributed by atoms with Gasteiger partial charge in [-0.15, -0.1) is 0 Å². The quantitative estimate of drug-likeness (QED) is 0.850. The van der Waals surface area contributed by atoms with E-state index in [9.17, 15) is 13.2 Å². The van der Waals surface area contributed by atoms with Crippen molar-refractivity contribution in [3.63, 3.8) is 0 Å². The van der Waals surface area contributed by atoms with Crippen molar-refractivity contribution >= 4 is 15.9 Å². The van der Waals surface area contributed by atoms with Gasteiger partial charge in [0.25, 0.3) is 0 Å². The molecule has 24 heavy (non-hydrogen) atoms. The number of hydrogen-bond acceptors (Lipinski definition) is 7. The predicted octanol–water partition coefficient (Wildman–Crippen LogP) is 0.460. The van der Waals surface area contributed by atoms with Gasteiger partial charge in [-0.3, -0.25) is 4.98 Å². The first-order valence-corrected chi connectivity index (χ1v) is 9.20. The summed E-state index contributed by atoms with van der Waals surface area (Å²) in [5.41, 5.74) is 0.767. The summed E-state index contributed by atoms with van der Waals surface area (Å²) in [6.07, 6.45) is 3.69. The number of urea groups is 1. The maximum atomic E-state index is 12.1. The number of nitrogens with zero attached hydrogens (tertiary/aromatic N) is 4. The van der Waals surface area contributed by atoms with Gasteiger partial charge in [0.2, 0.25) is 11.7 Å². The minimum absolute atomic E-state index is 0.0146. The van der Waals surface area contributed by atoms with Crippen LogP contribution in [0.2, 0.25) is 0 Å². The molecule has 0 aromatic carbocycles. The van der Waals surface area contributed by atoms with E-state index in [4.69, 9.17) is 4.52 Å². The Labute approximate surface area is 139 Å². The number of carbonyl (C=O) groups is 1. The number of hydrogen-bond donors (Lipinski definition) is 1. The van der Waals surface area contributed by atoms with Crippen molar-refractivity contribution in [2.24, 2.45) is 0 Å². The number of aromatic nitrogens is 3. The Morgan fingerprint density at radius 1 is 1.42 bits per heavy atom. The van der Waals surface area contributed by atoms with Gasteiger partial charge >= 0.3 is 6.03 Å². The Kier molecular flexibility index (Phi) is 4.47. The highest BCUT2D eigenvalue weighted by atomic mass is 32.2. The first-order valence-electron chi connectivity index (χ1n) is 7.38. The molecule has 0 bridgehead atoms. The van der Waals surface area contributed by atoms with Gasteiger partial charge in [0.1, 0.15) is 6.54 Å². The van der Waals surface area contributed by atoms with Crippen molar-refractivity contribution in [1.82, 2.24) is 25.3 Å². The molecule has 1 N–H and O–H groups in total. The van der Waals surface area contributed by atoms with Crippen LogP contribution in [0, 0.1) is 0 Å². The van der Waals surface area contributed by atoms with Crippen LogP contribution in [0.5, 0.6) is 0 Å². The predicted molar refractivity (Wildman–Crippen MR) is 84.6 cm³/mol. The Balaban J connectivity index is 1.58. The monoisotopic (exact) mass is 351 g/mol. The van der Waals surface area contributed by atoms with E-state index < -0.39 is 9.84 Å². The number of rotatable bonds is 4. The first kappa shape index (κ1) is 16.4. The van der Waals surface area contributed by atoms with E-state index in [0.717, 1.165) is 5.56 Å². The molecular formula is C14H17N5O4S. The SMILES string of the molecule is CN(Cc1nc(-c2ccncc2)no1)C(=O)NC1CCS(=O)(=O)C1. The van der Waals surface area contributed by atoms with Gasteiger partial charge in [-0.25, -0.2) is 13.2 Å². The van der Waals surface area contributed by atoms with Crippen LogP contribution in [-0.2, 0) is 16.4 Å². The highest BCUT2D eigenvalue weighted by Crippen LogP contribution is 2.15. The number of amides is 2. The summed E-state index contributed by atoms with van der Waals surface area (Å²) < 4.78 is 28.0. The van der Waals surface area contributed by atoms with Crippen molar-refractivity contribution in [2.75, 3.05) is 18.6 Å². The molecule has 1 unspecified atom stereocenters. The molecular weight excluding hydrogens is 334 g/mol. The number of pyridine rings is 1. The molecule has 0 radical (unpaired) electrons. The number of carbonyl (C=O) groups excluding carboxylic acids is 1. The molecule has 2 amide bonds. The zero-order chi connectivity index (χ0) is 17.2. The molecule has 0 aliphatic carbocycles. The van der Waals surface area contributed by atoms with Crippen molar-refractivity contribution in [3.05, 3.63) is 30.4 Å². The molecule has 0 spiro atoms. The zero-order valence-corrected chi connectivity index (χ0v) is 13.9. The molecule has 3 rings (SSSR count). The Morgan fingerprint density at radius 3 is 2.83 bits per heavy atom. The smallest absolute Gasteiger partial charge is 0.317 e. The summed E-state index contributed by atoms with van der Waals surface area (Å²) in [5.74, 6) is 0.807. The van der Waals surface area contributed by atoms with E-state index >= 15 is 0 Å². The van der Waals surface area contributed by atoms with Gasteiger partial charge < -0.3 is 14.7 Å². The summed E-state index contributed by atoms with van der Waals surface area (Å²) in [7, 11) is -1.45. The number of nitrogens with one attached hydrogen (secondary N) is 1. The maximum Gasteiger partial charge on any atom is 0.317 e. The van der Waals surface area contributed by atoms with Crippen LogP contribution in [0.3, 0.4) is 0 Å². The van der Waals surface area contributed by atoms with E-state index in [1.54, 1.807) is 31.6 Å². The molecule has 0 saturated carbocycles.